The zero-order valence-corrected chi connectivity index (χ0v) is 10.8. The Balaban J connectivity index is 1.94. The molecule has 104 valence electrons. The molecule has 1 heterocycles. The molecule has 1 saturated heterocycles. The number of morpholine rings is 1. The number of hydrogen-bond donors (Lipinski definition) is 1. The molecule has 0 aliphatic carbocycles. The van der Waals surface area contributed by atoms with Crippen LogP contribution in [0.5, 0.6) is 0 Å². The molecule has 1 aromatic carbocycles. The van der Waals surface area contributed by atoms with E-state index < -0.39 is 11.8 Å². The van der Waals surface area contributed by atoms with E-state index in [1.54, 1.807) is 6.07 Å². The number of benzene rings is 1. The van der Waals surface area contributed by atoms with Gasteiger partial charge in [0.25, 0.3) is 0 Å². The van der Waals surface area contributed by atoms with Crippen LogP contribution in [0.3, 0.4) is 0 Å². The number of carbonyl (C=O) groups excluding carboxylic acids is 1. The predicted octanol–water partition coefficient (Wildman–Crippen LogP) is 0.949. The lowest BCUT2D eigenvalue weighted by atomic mass is 10.1. The number of hydrazine groups is 1. The van der Waals surface area contributed by atoms with E-state index in [0.717, 1.165) is 18.7 Å². The molecule has 0 atom stereocenters. The number of methoxy groups -OCH3 is 1. The maximum atomic E-state index is 13.7. The number of ether oxygens (including phenoxy) is 2. The van der Waals surface area contributed by atoms with E-state index in [1.807, 2.05) is 5.01 Å². The molecule has 2 rings (SSSR count). The zero-order valence-electron chi connectivity index (χ0n) is 10.8. The first-order valence-electron chi connectivity index (χ1n) is 6.13. The van der Waals surface area contributed by atoms with E-state index in [1.165, 1.54) is 19.2 Å². The van der Waals surface area contributed by atoms with Gasteiger partial charge in [0.15, 0.2) is 0 Å². The molecular formula is C13H17FN2O3. The van der Waals surface area contributed by atoms with E-state index in [9.17, 15) is 9.18 Å². The Morgan fingerprint density at radius 1 is 1.47 bits per heavy atom. The topological polar surface area (TPSA) is 50.8 Å². The van der Waals surface area contributed by atoms with Gasteiger partial charge in [0.2, 0.25) is 0 Å². The van der Waals surface area contributed by atoms with Crippen molar-refractivity contribution < 1.29 is 18.7 Å². The average Bonchev–Trinajstić information content (AvgIpc) is 2.45. The normalized spacial score (nSPS) is 16.3. The van der Waals surface area contributed by atoms with Crippen LogP contribution in [0, 0.1) is 5.82 Å². The van der Waals surface area contributed by atoms with Gasteiger partial charge in [0.05, 0.1) is 25.9 Å². The summed E-state index contributed by atoms with van der Waals surface area (Å²) >= 11 is 0. The fourth-order valence-electron chi connectivity index (χ4n) is 1.87. The van der Waals surface area contributed by atoms with Crippen LogP contribution in [0.15, 0.2) is 18.2 Å². The fraction of sp³-hybridized carbons (Fsp3) is 0.462. The molecule has 0 aromatic heterocycles. The molecule has 1 aliphatic rings. The lowest BCUT2D eigenvalue weighted by Gasteiger charge is -2.27. The van der Waals surface area contributed by atoms with Gasteiger partial charge < -0.3 is 9.47 Å². The lowest BCUT2D eigenvalue weighted by molar-refractivity contribution is 0.0105. The summed E-state index contributed by atoms with van der Waals surface area (Å²) in [4.78, 5) is 11.3. The second kappa shape index (κ2) is 6.60. The molecule has 0 radical (unpaired) electrons. The molecule has 1 aliphatic heterocycles. The average molecular weight is 268 g/mol. The summed E-state index contributed by atoms with van der Waals surface area (Å²) in [6.07, 6.45) is 0. The van der Waals surface area contributed by atoms with Gasteiger partial charge in [-0.25, -0.2) is 14.2 Å². The number of nitrogens with zero attached hydrogens (tertiary/aromatic N) is 1. The summed E-state index contributed by atoms with van der Waals surface area (Å²) in [7, 11) is 1.23. The van der Waals surface area contributed by atoms with E-state index in [4.69, 9.17) is 4.74 Å². The molecular weight excluding hydrogens is 251 g/mol. The highest BCUT2D eigenvalue weighted by atomic mass is 19.1. The number of halogens is 1. The van der Waals surface area contributed by atoms with Gasteiger partial charge in [0, 0.05) is 19.6 Å². The molecule has 0 bridgehead atoms. The molecule has 0 unspecified atom stereocenters. The van der Waals surface area contributed by atoms with Crippen molar-refractivity contribution in [1.82, 2.24) is 10.4 Å². The van der Waals surface area contributed by atoms with Crippen molar-refractivity contribution in [3.05, 3.63) is 35.1 Å². The van der Waals surface area contributed by atoms with Gasteiger partial charge in [-0.3, -0.25) is 5.43 Å². The van der Waals surface area contributed by atoms with Gasteiger partial charge in [0.1, 0.15) is 5.82 Å². The van der Waals surface area contributed by atoms with E-state index >= 15 is 0 Å². The minimum atomic E-state index is -0.662. The van der Waals surface area contributed by atoms with E-state index in [2.05, 4.69) is 10.2 Å². The second-order valence-electron chi connectivity index (χ2n) is 4.24. The maximum Gasteiger partial charge on any atom is 0.340 e. The van der Waals surface area contributed by atoms with Crippen LogP contribution in [0.4, 0.5) is 4.39 Å². The Bertz CT molecular complexity index is 448. The highest BCUT2D eigenvalue weighted by molar-refractivity contribution is 5.89. The summed E-state index contributed by atoms with van der Waals surface area (Å²) in [5.74, 6) is -1.22. The highest BCUT2D eigenvalue weighted by Gasteiger charge is 2.13. The number of esters is 1. The lowest BCUT2D eigenvalue weighted by Crippen LogP contribution is -2.45. The number of rotatable bonds is 4. The third-order valence-electron chi connectivity index (χ3n) is 2.96. The highest BCUT2D eigenvalue weighted by Crippen LogP contribution is 2.11. The Hall–Kier alpha value is -1.50. The molecule has 0 spiro atoms. The first-order valence-corrected chi connectivity index (χ1v) is 6.13. The Kier molecular flexibility index (Phi) is 4.84. The number of nitrogens with one attached hydrogen (secondary N) is 1. The molecule has 19 heavy (non-hydrogen) atoms. The molecule has 0 amide bonds. The van der Waals surface area contributed by atoms with Crippen molar-refractivity contribution >= 4 is 5.97 Å². The summed E-state index contributed by atoms with van der Waals surface area (Å²) in [6, 6.07) is 4.50. The van der Waals surface area contributed by atoms with Gasteiger partial charge in [-0.2, -0.15) is 0 Å². The van der Waals surface area contributed by atoms with Crippen molar-refractivity contribution in [2.24, 2.45) is 0 Å². The van der Waals surface area contributed by atoms with Gasteiger partial charge in [-0.05, 0) is 17.7 Å². The van der Waals surface area contributed by atoms with Crippen molar-refractivity contribution in [1.29, 1.82) is 0 Å². The summed E-state index contributed by atoms with van der Waals surface area (Å²) < 4.78 is 23.4. The Labute approximate surface area is 111 Å². The molecule has 6 heteroatoms. The van der Waals surface area contributed by atoms with Crippen LogP contribution in [0.2, 0.25) is 0 Å². The maximum absolute atomic E-state index is 13.7. The zero-order chi connectivity index (χ0) is 13.7. The summed E-state index contributed by atoms with van der Waals surface area (Å²) in [6.45, 7) is 3.52. The first-order chi connectivity index (χ1) is 9.20. The third kappa shape index (κ3) is 3.73. The van der Waals surface area contributed by atoms with Crippen molar-refractivity contribution in [3.8, 4) is 0 Å². The number of hydrogen-bond acceptors (Lipinski definition) is 5. The molecule has 0 saturated carbocycles. The Morgan fingerprint density at radius 2 is 2.21 bits per heavy atom. The van der Waals surface area contributed by atoms with Crippen LogP contribution in [-0.2, 0) is 16.0 Å². The fourth-order valence-corrected chi connectivity index (χ4v) is 1.87. The summed E-state index contributed by atoms with van der Waals surface area (Å²) in [5, 5.41) is 2.04. The van der Waals surface area contributed by atoms with E-state index in [0.29, 0.717) is 19.8 Å². The van der Waals surface area contributed by atoms with E-state index in [-0.39, 0.29) is 5.56 Å². The minimum absolute atomic E-state index is 0.0439. The molecule has 1 aromatic rings. The third-order valence-corrected chi connectivity index (χ3v) is 2.96. The number of carbonyl (C=O) groups is 1. The van der Waals surface area contributed by atoms with Crippen LogP contribution < -0.4 is 5.43 Å². The Morgan fingerprint density at radius 3 is 2.84 bits per heavy atom. The van der Waals surface area contributed by atoms with Gasteiger partial charge in [-0.15, -0.1) is 0 Å². The molecule has 1 N–H and O–H groups in total. The van der Waals surface area contributed by atoms with Gasteiger partial charge in [-0.1, -0.05) is 6.07 Å². The molecule has 1 fully saturated rings. The summed E-state index contributed by atoms with van der Waals surface area (Å²) in [5.41, 5.74) is 3.93. The second-order valence-corrected chi connectivity index (χ2v) is 4.24. The SMILES string of the molecule is COC(=O)c1ccc(CNN2CCOCC2)cc1F. The van der Waals surface area contributed by atoms with Gasteiger partial charge >= 0.3 is 5.97 Å². The predicted molar refractivity (Wildman–Crippen MR) is 67.0 cm³/mol. The van der Waals surface area contributed by atoms with Crippen LogP contribution in [-0.4, -0.2) is 44.4 Å². The quantitative estimate of drug-likeness (QED) is 0.824. The van der Waals surface area contributed by atoms with Crippen LogP contribution in [0.25, 0.3) is 0 Å². The largest absolute Gasteiger partial charge is 0.465 e. The molecule has 5 nitrogen and oxygen atoms in total. The van der Waals surface area contributed by atoms with Crippen LogP contribution >= 0.6 is 0 Å². The first kappa shape index (κ1) is 13.9. The smallest absolute Gasteiger partial charge is 0.340 e. The monoisotopic (exact) mass is 268 g/mol. The van der Waals surface area contributed by atoms with Crippen molar-refractivity contribution in [3.63, 3.8) is 0 Å². The van der Waals surface area contributed by atoms with Crippen LogP contribution in [0.1, 0.15) is 15.9 Å². The standard InChI is InChI=1S/C13H17FN2O3/c1-18-13(17)11-3-2-10(8-12(11)14)9-15-16-4-6-19-7-5-16/h2-3,8,15H,4-7,9H2,1H3. The van der Waals surface area contributed by atoms with Crippen molar-refractivity contribution in [2.45, 2.75) is 6.54 Å². The minimum Gasteiger partial charge on any atom is -0.465 e. The van der Waals surface area contributed by atoms with Crippen molar-refractivity contribution in [2.75, 3.05) is 33.4 Å².